The third-order valence-corrected chi connectivity index (χ3v) is 4.03. The zero-order valence-corrected chi connectivity index (χ0v) is 14.7. The number of hydrogen-bond donors (Lipinski definition) is 1. The van der Waals surface area contributed by atoms with E-state index in [1.54, 1.807) is 6.07 Å². The molecule has 0 atom stereocenters. The van der Waals surface area contributed by atoms with Crippen molar-refractivity contribution in [2.75, 3.05) is 13.2 Å². The van der Waals surface area contributed by atoms with E-state index >= 15 is 0 Å². The van der Waals surface area contributed by atoms with Gasteiger partial charge in [0.25, 0.3) is 5.91 Å². The van der Waals surface area contributed by atoms with Gasteiger partial charge < -0.3 is 10.1 Å². The van der Waals surface area contributed by atoms with E-state index in [4.69, 9.17) is 4.74 Å². The number of nitrogens with one attached hydrogen (secondary N) is 1. The lowest BCUT2D eigenvalue weighted by Crippen LogP contribution is -2.38. The molecule has 0 saturated carbocycles. The molecule has 3 nitrogen and oxygen atoms in total. The average molecular weight is 380 g/mol. The smallest absolute Gasteiger partial charge is 0.257 e. The second kappa shape index (κ2) is 7.59. The Kier molecular flexibility index (Phi) is 5.77. The SMILES string of the molecule is CC(C)(CNC(=O)COc1ccc(Br)cc1F)c1ccccc1. The fourth-order valence-corrected chi connectivity index (χ4v) is 2.43. The zero-order chi connectivity index (χ0) is 16.9. The number of rotatable bonds is 6. The zero-order valence-electron chi connectivity index (χ0n) is 13.1. The number of amides is 1. The summed E-state index contributed by atoms with van der Waals surface area (Å²) in [5, 5.41) is 2.83. The Hall–Kier alpha value is -1.88. The monoisotopic (exact) mass is 379 g/mol. The van der Waals surface area contributed by atoms with Gasteiger partial charge in [0.1, 0.15) is 0 Å². The van der Waals surface area contributed by atoms with Crippen LogP contribution in [0.1, 0.15) is 19.4 Å². The summed E-state index contributed by atoms with van der Waals surface area (Å²) in [5.74, 6) is -0.723. The van der Waals surface area contributed by atoms with Gasteiger partial charge in [-0.25, -0.2) is 4.39 Å². The van der Waals surface area contributed by atoms with E-state index < -0.39 is 5.82 Å². The molecule has 0 aromatic heterocycles. The van der Waals surface area contributed by atoms with E-state index in [0.29, 0.717) is 11.0 Å². The first-order valence-electron chi connectivity index (χ1n) is 7.28. The van der Waals surface area contributed by atoms with E-state index in [9.17, 15) is 9.18 Å². The number of carbonyl (C=O) groups excluding carboxylic acids is 1. The van der Waals surface area contributed by atoms with Crippen LogP contribution in [-0.2, 0) is 10.2 Å². The van der Waals surface area contributed by atoms with Gasteiger partial charge in [0.05, 0.1) is 0 Å². The van der Waals surface area contributed by atoms with Crippen LogP contribution in [0, 0.1) is 5.82 Å². The molecule has 2 aromatic rings. The second-order valence-electron chi connectivity index (χ2n) is 5.89. The average Bonchev–Trinajstić information content (AvgIpc) is 2.53. The number of carbonyl (C=O) groups is 1. The highest BCUT2D eigenvalue weighted by Crippen LogP contribution is 2.22. The Labute approximate surface area is 144 Å². The summed E-state index contributed by atoms with van der Waals surface area (Å²) in [6.45, 7) is 4.36. The predicted octanol–water partition coefficient (Wildman–Crippen LogP) is 4.06. The van der Waals surface area contributed by atoms with Crippen molar-refractivity contribution in [2.45, 2.75) is 19.3 Å². The minimum Gasteiger partial charge on any atom is -0.481 e. The predicted molar refractivity (Wildman–Crippen MR) is 92.1 cm³/mol. The summed E-state index contributed by atoms with van der Waals surface area (Å²) < 4.78 is 19.4. The second-order valence-corrected chi connectivity index (χ2v) is 6.81. The number of benzene rings is 2. The van der Waals surface area contributed by atoms with Crippen LogP contribution in [0.15, 0.2) is 53.0 Å². The quantitative estimate of drug-likeness (QED) is 0.821. The molecule has 0 heterocycles. The molecular formula is C18H19BrFNO2. The van der Waals surface area contributed by atoms with E-state index in [2.05, 4.69) is 35.1 Å². The summed E-state index contributed by atoms with van der Waals surface area (Å²) in [5.41, 5.74) is 0.944. The van der Waals surface area contributed by atoms with Crippen molar-refractivity contribution >= 4 is 21.8 Å². The Balaban J connectivity index is 1.85. The Morgan fingerprint density at radius 2 is 1.91 bits per heavy atom. The van der Waals surface area contributed by atoms with Gasteiger partial charge in [-0.3, -0.25) is 4.79 Å². The lowest BCUT2D eigenvalue weighted by atomic mass is 9.84. The summed E-state index contributed by atoms with van der Waals surface area (Å²) in [6, 6.07) is 14.4. The fourth-order valence-electron chi connectivity index (χ4n) is 2.10. The van der Waals surface area contributed by atoms with E-state index in [1.165, 1.54) is 12.1 Å². The number of hydrogen-bond acceptors (Lipinski definition) is 2. The van der Waals surface area contributed by atoms with Crippen molar-refractivity contribution in [1.82, 2.24) is 5.32 Å². The van der Waals surface area contributed by atoms with Gasteiger partial charge in [0.15, 0.2) is 18.2 Å². The van der Waals surface area contributed by atoms with Crippen LogP contribution in [0.2, 0.25) is 0 Å². The molecule has 0 radical (unpaired) electrons. The van der Waals surface area contributed by atoms with Gasteiger partial charge in [0.2, 0.25) is 0 Å². The van der Waals surface area contributed by atoms with E-state index in [0.717, 1.165) is 5.56 Å². The molecule has 0 aliphatic carbocycles. The van der Waals surface area contributed by atoms with Gasteiger partial charge in [-0.1, -0.05) is 60.1 Å². The highest BCUT2D eigenvalue weighted by Gasteiger charge is 2.21. The van der Waals surface area contributed by atoms with Gasteiger partial charge >= 0.3 is 0 Å². The van der Waals surface area contributed by atoms with Crippen LogP contribution in [-0.4, -0.2) is 19.1 Å². The molecule has 0 saturated heterocycles. The first kappa shape index (κ1) is 17.5. The molecule has 23 heavy (non-hydrogen) atoms. The van der Waals surface area contributed by atoms with Crippen LogP contribution in [0.25, 0.3) is 0 Å². The maximum absolute atomic E-state index is 13.6. The third-order valence-electron chi connectivity index (χ3n) is 3.54. The summed E-state index contributed by atoms with van der Waals surface area (Å²) in [7, 11) is 0. The highest BCUT2D eigenvalue weighted by atomic mass is 79.9. The highest BCUT2D eigenvalue weighted by molar-refractivity contribution is 9.10. The molecule has 2 rings (SSSR count). The number of halogens is 2. The van der Waals surface area contributed by atoms with Crippen LogP contribution < -0.4 is 10.1 Å². The van der Waals surface area contributed by atoms with Crippen molar-refractivity contribution < 1.29 is 13.9 Å². The topological polar surface area (TPSA) is 38.3 Å². The molecule has 2 aromatic carbocycles. The van der Waals surface area contributed by atoms with Gasteiger partial charge in [-0.15, -0.1) is 0 Å². The Morgan fingerprint density at radius 3 is 2.57 bits per heavy atom. The first-order chi connectivity index (χ1) is 10.9. The normalized spacial score (nSPS) is 11.1. The van der Waals surface area contributed by atoms with E-state index in [1.807, 2.05) is 30.3 Å². The van der Waals surface area contributed by atoms with Crippen molar-refractivity contribution in [2.24, 2.45) is 0 Å². The number of ether oxygens (including phenoxy) is 1. The summed E-state index contributed by atoms with van der Waals surface area (Å²) in [4.78, 5) is 11.9. The fraction of sp³-hybridized carbons (Fsp3) is 0.278. The molecular weight excluding hydrogens is 361 g/mol. The van der Waals surface area contributed by atoms with Gasteiger partial charge in [0, 0.05) is 16.4 Å². The molecule has 0 spiro atoms. The molecule has 5 heteroatoms. The van der Waals surface area contributed by atoms with Gasteiger partial charge in [-0.05, 0) is 23.8 Å². The summed E-state index contributed by atoms with van der Waals surface area (Å²) >= 11 is 3.17. The van der Waals surface area contributed by atoms with Crippen LogP contribution in [0.4, 0.5) is 4.39 Å². The van der Waals surface area contributed by atoms with Crippen molar-refractivity contribution in [1.29, 1.82) is 0 Å². The minimum atomic E-state index is -0.503. The molecule has 0 fully saturated rings. The third kappa shape index (κ3) is 5.06. The van der Waals surface area contributed by atoms with Crippen molar-refractivity contribution in [3.05, 3.63) is 64.4 Å². The molecule has 0 unspecified atom stereocenters. The lowest BCUT2D eigenvalue weighted by molar-refractivity contribution is -0.123. The molecule has 122 valence electrons. The largest absolute Gasteiger partial charge is 0.481 e. The molecule has 1 N–H and O–H groups in total. The first-order valence-corrected chi connectivity index (χ1v) is 8.08. The minimum absolute atomic E-state index is 0.0608. The maximum Gasteiger partial charge on any atom is 0.257 e. The molecule has 1 amide bonds. The molecule has 0 bridgehead atoms. The Morgan fingerprint density at radius 1 is 1.22 bits per heavy atom. The van der Waals surface area contributed by atoms with Crippen LogP contribution in [0.5, 0.6) is 5.75 Å². The van der Waals surface area contributed by atoms with Crippen molar-refractivity contribution in [3.63, 3.8) is 0 Å². The van der Waals surface area contributed by atoms with Crippen LogP contribution in [0.3, 0.4) is 0 Å². The van der Waals surface area contributed by atoms with Crippen molar-refractivity contribution in [3.8, 4) is 5.75 Å². The Bertz CT molecular complexity index is 674. The standard InChI is InChI=1S/C18H19BrFNO2/c1-18(2,13-6-4-3-5-7-13)12-21-17(22)11-23-16-9-8-14(19)10-15(16)20/h3-10H,11-12H2,1-2H3,(H,21,22). The maximum atomic E-state index is 13.6. The molecule has 0 aliphatic heterocycles. The lowest BCUT2D eigenvalue weighted by Gasteiger charge is -2.25. The van der Waals surface area contributed by atoms with E-state index in [-0.39, 0.29) is 23.7 Å². The summed E-state index contributed by atoms with van der Waals surface area (Å²) in [6.07, 6.45) is 0. The van der Waals surface area contributed by atoms with Gasteiger partial charge in [-0.2, -0.15) is 0 Å². The van der Waals surface area contributed by atoms with Crippen LogP contribution >= 0.6 is 15.9 Å². The molecule has 0 aliphatic rings.